The molecular weight excluding hydrogens is 339 g/mol. The van der Waals surface area contributed by atoms with Crippen LogP contribution in [0.3, 0.4) is 0 Å². The molecule has 2 aliphatic rings. The van der Waals surface area contributed by atoms with Crippen molar-refractivity contribution in [3.05, 3.63) is 0 Å². The van der Waals surface area contributed by atoms with Crippen molar-refractivity contribution in [2.24, 2.45) is 0 Å². The number of carbonyl (C=O) groups excluding carboxylic acids is 2. The molecule has 6 nitrogen and oxygen atoms in total. The summed E-state index contributed by atoms with van der Waals surface area (Å²) in [6, 6.07) is 0. The normalized spacial score (nSPS) is 18.8. The second-order valence-electron chi connectivity index (χ2n) is 5.95. The second kappa shape index (κ2) is 11.9. The Morgan fingerprint density at radius 1 is 0.826 bits per heavy atom. The van der Waals surface area contributed by atoms with E-state index >= 15 is 0 Å². The minimum Gasteiger partial charge on any atom is -0.342 e. The summed E-state index contributed by atoms with van der Waals surface area (Å²) in [5.41, 5.74) is 0. The van der Waals surface area contributed by atoms with Gasteiger partial charge in [0, 0.05) is 52.2 Å². The van der Waals surface area contributed by atoms with Crippen LogP contribution in [0, 0.1) is 0 Å². The van der Waals surface area contributed by atoms with Crippen LogP contribution >= 0.6 is 24.8 Å². The molecule has 23 heavy (non-hydrogen) atoms. The zero-order valence-electron chi connectivity index (χ0n) is 14.0. The van der Waals surface area contributed by atoms with Crippen molar-refractivity contribution in [3.63, 3.8) is 0 Å². The third-order valence-corrected chi connectivity index (χ3v) is 4.35. The fraction of sp³-hybridized carbons (Fsp3) is 0.867. The topological polar surface area (TPSA) is 55.9 Å². The number of rotatable bonds is 5. The van der Waals surface area contributed by atoms with E-state index in [2.05, 4.69) is 10.2 Å². The van der Waals surface area contributed by atoms with E-state index in [0.29, 0.717) is 13.0 Å². The van der Waals surface area contributed by atoms with Gasteiger partial charge in [-0.05, 0) is 26.3 Å². The molecule has 2 fully saturated rings. The van der Waals surface area contributed by atoms with Gasteiger partial charge in [0.2, 0.25) is 11.8 Å². The van der Waals surface area contributed by atoms with E-state index in [4.69, 9.17) is 0 Å². The van der Waals surface area contributed by atoms with E-state index in [1.54, 1.807) is 0 Å². The quantitative estimate of drug-likeness (QED) is 0.771. The molecular formula is C15H30Cl2N4O2. The fourth-order valence-electron chi connectivity index (χ4n) is 3.03. The zero-order valence-corrected chi connectivity index (χ0v) is 15.6. The molecule has 0 atom stereocenters. The van der Waals surface area contributed by atoms with E-state index in [1.807, 2.05) is 16.8 Å². The van der Waals surface area contributed by atoms with Crippen LogP contribution in [0.5, 0.6) is 0 Å². The maximum absolute atomic E-state index is 12.2. The number of hydrogen-bond donors (Lipinski definition) is 1. The Hall–Kier alpha value is -0.560. The van der Waals surface area contributed by atoms with Crippen molar-refractivity contribution < 1.29 is 9.59 Å². The van der Waals surface area contributed by atoms with Gasteiger partial charge < -0.3 is 15.1 Å². The minimum absolute atomic E-state index is 0. The molecule has 0 saturated carbocycles. The number of nitrogens with one attached hydrogen (secondary N) is 1. The molecule has 0 aliphatic carbocycles. The lowest BCUT2D eigenvalue weighted by molar-refractivity contribution is -0.131. The van der Waals surface area contributed by atoms with Crippen molar-refractivity contribution in [1.29, 1.82) is 0 Å². The lowest BCUT2D eigenvalue weighted by Gasteiger charge is -2.24. The number of nitrogens with zero attached hydrogens (tertiary/aromatic N) is 3. The fourth-order valence-corrected chi connectivity index (χ4v) is 3.03. The van der Waals surface area contributed by atoms with Gasteiger partial charge in [0.25, 0.3) is 0 Å². The van der Waals surface area contributed by atoms with Crippen LogP contribution < -0.4 is 5.32 Å². The largest absolute Gasteiger partial charge is 0.342 e. The van der Waals surface area contributed by atoms with Gasteiger partial charge >= 0.3 is 0 Å². The Kier molecular flexibility index (Phi) is 11.6. The summed E-state index contributed by atoms with van der Waals surface area (Å²) >= 11 is 0. The Morgan fingerprint density at radius 3 is 2.09 bits per heavy atom. The van der Waals surface area contributed by atoms with Crippen molar-refractivity contribution in [2.45, 2.75) is 25.7 Å². The molecule has 0 aromatic rings. The highest BCUT2D eigenvalue weighted by Gasteiger charge is 2.23. The lowest BCUT2D eigenvalue weighted by Crippen LogP contribution is -2.41. The zero-order chi connectivity index (χ0) is 15.1. The molecule has 0 radical (unpaired) electrons. The van der Waals surface area contributed by atoms with E-state index in [0.717, 1.165) is 65.1 Å². The number of halogens is 2. The third kappa shape index (κ3) is 7.25. The molecule has 0 spiro atoms. The highest BCUT2D eigenvalue weighted by Crippen LogP contribution is 2.10. The molecule has 136 valence electrons. The van der Waals surface area contributed by atoms with Crippen LogP contribution in [-0.4, -0.2) is 85.9 Å². The summed E-state index contributed by atoms with van der Waals surface area (Å²) in [5, 5.41) is 3.01. The van der Waals surface area contributed by atoms with Gasteiger partial charge in [0.15, 0.2) is 0 Å². The Morgan fingerprint density at radius 2 is 1.43 bits per heavy atom. The second-order valence-corrected chi connectivity index (χ2v) is 5.95. The molecule has 8 heteroatoms. The van der Waals surface area contributed by atoms with E-state index in [-0.39, 0.29) is 36.6 Å². The van der Waals surface area contributed by atoms with Gasteiger partial charge in [0.1, 0.15) is 0 Å². The average molecular weight is 369 g/mol. The van der Waals surface area contributed by atoms with Crippen LogP contribution in [0.25, 0.3) is 0 Å². The SMILES string of the molecule is CNCCC(=O)N1CCCN(CC(=O)N2CCCC2)CC1.Cl.Cl. The first kappa shape index (κ1) is 22.4. The summed E-state index contributed by atoms with van der Waals surface area (Å²) in [6.07, 6.45) is 3.79. The number of carbonyl (C=O) groups is 2. The highest BCUT2D eigenvalue weighted by molar-refractivity contribution is 5.85. The van der Waals surface area contributed by atoms with Gasteiger partial charge in [-0.1, -0.05) is 0 Å². The number of amides is 2. The Labute approximate surface area is 151 Å². The van der Waals surface area contributed by atoms with E-state index in [9.17, 15) is 9.59 Å². The van der Waals surface area contributed by atoms with Crippen LogP contribution in [0.4, 0.5) is 0 Å². The Balaban J connectivity index is 0.00000242. The first-order chi connectivity index (χ1) is 10.2. The molecule has 2 aliphatic heterocycles. The van der Waals surface area contributed by atoms with Crippen LogP contribution in [0.2, 0.25) is 0 Å². The molecule has 0 bridgehead atoms. The van der Waals surface area contributed by atoms with E-state index < -0.39 is 0 Å². The van der Waals surface area contributed by atoms with Gasteiger partial charge in [-0.25, -0.2) is 0 Å². The molecule has 2 rings (SSSR count). The maximum Gasteiger partial charge on any atom is 0.236 e. The predicted octanol–water partition coefficient (Wildman–Crippen LogP) is 0.596. The summed E-state index contributed by atoms with van der Waals surface area (Å²) in [6.45, 7) is 6.36. The smallest absolute Gasteiger partial charge is 0.236 e. The van der Waals surface area contributed by atoms with Gasteiger partial charge in [-0.2, -0.15) is 0 Å². The van der Waals surface area contributed by atoms with Crippen LogP contribution in [0.1, 0.15) is 25.7 Å². The first-order valence-corrected chi connectivity index (χ1v) is 8.13. The van der Waals surface area contributed by atoms with Crippen LogP contribution in [-0.2, 0) is 9.59 Å². The van der Waals surface area contributed by atoms with Crippen molar-refractivity contribution in [3.8, 4) is 0 Å². The molecule has 0 aromatic heterocycles. The van der Waals surface area contributed by atoms with Gasteiger partial charge in [-0.15, -0.1) is 24.8 Å². The monoisotopic (exact) mass is 368 g/mol. The van der Waals surface area contributed by atoms with Crippen molar-refractivity contribution in [2.75, 3.05) is 59.4 Å². The van der Waals surface area contributed by atoms with Crippen molar-refractivity contribution >= 4 is 36.6 Å². The predicted molar refractivity (Wildman–Crippen MR) is 96.5 cm³/mol. The standard InChI is InChI=1S/C15H28N4O2.2ClH/c1-16-6-5-14(20)19-10-4-7-17(11-12-19)13-15(21)18-8-2-3-9-18;;/h16H,2-13H2,1H3;2*1H. The third-order valence-electron chi connectivity index (χ3n) is 4.35. The molecule has 2 saturated heterocycles. The first-order valence-electron chi connectivity index (χ1n) is 8.13. The van der Waals surface area contributed by atoms with Gasteiger partial charge in [0.05, 0.1) is 6.54 Å². The summed E-state index contributed by atoms with van der Waals surface area (Å²) in [5.74, 6) is 0.472. The average Bonchev–Trinajstić information content (AvgIpc) is 2.92. The number of likely N-dealkylation sites (tertiary alicyclic amines) is 1. The molecule has 2 heterocycles. The number of hydrogen-bond acceptors (Lipinski definition) is 4. The van der Waals surface area contributed by atoms with Crippen molar-refractivity contribution in [1.82, 2.24) is 20.0 Å². The Bertz CT molecular complexity index is 365. The highest BCUT2D eigenvalue weighted by atomic mass is 35.5. The van der Waals surface area contributed by atoms with E-state index in [1.165, 1.54) is 0 Å². The lowest BCUT2D eigenvalue weighted by atomic mass is 10.3. The summed E-state index contributed by atoms with van der Waals surface area (Å²) in [4.78, 5) is 30.3. The summed E-state index contributed by atoms with van der Waals surface area (Å²) < 4.78 is 0. The molecule has 0 aromatic carbocycles. The molecule has 0 unspecified atom stereocenters. The minimum atomic E-state index is 0. The van der Waals surface area contributed by atoms with Crippen LogP contribution in [0.15, 0.2) is 0 Å². The summed E-state index contributed by atoms with van der Waals surface area (Å²) in [7, 11) is 1.86. The van der Waals surface area contributed by atoms with Gasteiger partial charge in [-0.3, -0.25) is 14.5 Å². The maximum atomic E-state index is 12.2. The molecule has 1 N–H and O–H groups in total. The molecule has 2 amide bonds.